The van der Waals surface area contributed by atoms with Crippen LogP contribution in [0.25, 0.3) is 11.0 Å². The van der Waals surface area contributed by atoms with Crippen LogP contribution in [0.5, 0.6) is 5.75 Å². The fraction of sp³-hybridized carbons (Fsp3) is 0.400. The monoisotopic (exact) mass is 401 g/mol. The topological polar surface area (TPSA) is 111 Å². The molecule has 8 heteroatoms. The van der Waals surface area contributed by atoms with Crippen molar-refractivity contribution in [2.24, 2.45) is 5.73 Å². The number of aromatic nitrogens is 1. The van der Waals surface area contributed by atoms with Gasteiger partial charge in [-0.2, -0.15) is 0 Å². The first-order valence-electron chi connectivity index (χ1n) is 9.17. The number of amides is 1. The number of ether oxygens (including phenoxy) is 1. The Hall–Kier alpha value is -2.42. The standard InChI is InChI=1S/C20H23N3O4S/c1-11-16(19(21)25)17-14(27-11)3-4-15(26-8-13-7-23-12(2)28-13)18(17)20(10-24)5-6-22-9-20/h3-4,7,22,24H,5-6,8-10H2,1-2H3,(H2,21,25). The molecule has 0 spiro atoms. The maximum absolute atomic E-state index is 12.2. The highest BCUT2D eigenvalue weighted by atomic mass is 32.1. The molecule has 1 aromatic carbocycles. The van der Waals surface area contributed by atoms with Gasteiger partial charge in [0.15, 0.2) is 0 Å². The van der Waals surface area contributed by atoms with Gasteiger partial charge in [0.1, 0.15) is 23.7 Å². The van der Waals surface area contributed by atoms with Crippen molar-refractivity contribution in [3.63, 3.8) is 0 Å². The molecule has 1 saturated heterocycles. The molecule has 1 amide bonds. The number of carbonyl (C=O) groups is 1. The van der Waals surface area contributed by atoms with Crippen molar-refractivity contribution in [1.29, 1.82) is 0 Å². The number of nitrogens with one attached hydrogen (secondary N) is 1. The van der Waals surface area contributed by atoms with E-state index >= 15 is 0 Å². The van der Waals surface area contributed by atoms with E-state index < -0.39 is 11.3 Å². The number of primary amides is 1. The lowest BCUT2D eigenvalue weighted by Gasteiger charge is -2.29. The van der Waals surface area contributed by atoms with Crippen LogP contribution in [0, 0.1) is 13.8 Å². The third-order valence-electron chi connectivity index (χ3n) is 5.36. The van der Waals surface area contributed by atoms with Crippen molar-refractivity contribution in [2.45, 2.75) is 32.3 Å². The number of furan rings is 1. The number of fused-ring (bicyclic) bond motifs is 1. The zero-order chi connectivity index (χ0) is 19.9. The molecule has 2 aromatic heterocycles. The third kappa shape index (κ3) is 3.07. The molecule has 148 valence electrons. The number of thiazole rings is 1. The fourth-order valence-corrected chi connectivity index (χ4v) is 4.73. The summed E-state index contributed by atoms with van der Waals surface area (Å²) in [6.07, 6.45) is 2.52. The van der Waals surface area contributed by atoms with Crippen LogP contribution in [-0.4, -0.2) is 35.7 Å². The fourth-order valence-electron chi connectivity index (χ4n) is 4.03. The predicted molar refractivity (Wildman–Crippen MR) is 107 cm³/mol. The van der Waals surface area contributed by atoms with Crippen molar-refractivity contribution in [2.75, 3.05) is 19.7 Å². The highest BCUT2D eigenvalue weighted by molar-refractivity contribution is 7.11. The van der Waals surface area contributed by atoms with Crippen LogP contribution in [0.2, 0.25) is 0 Å². The molecule has 1 aliphatic heterocycles. The number of nitrogens with two attached hydrogens (primary N) is 1. The Balaban J connectivity index is 1.89. The first kappa shape index (κ1) is 18.9. The summed E-state index contributed by atoms with van der Waals surface area (Å²) in [5.41, 5.74) is 6.80. The second kappa shape index (κ2) is 7.20. The largest absolute Gasteiger partial charge is 0.488 e. The Morgan fingerprint density at radius 2 is 2.29 bits per heavy atom. The number of carbonyl (C=O) groups excluding carboxylic acids is 1. The minimum absolute atomic E-state index is 0.0719. The van der Waals surface area contributed by atoms with Gasteiger partial charge in [-0.25, -0.2) is 4.98 Å². The van der Waals surface area contributed by atoms with E-state index in [0.717, 1.165) is 28.4 Å². The lowest BCUT2D eigenvalue weighted by molar-refractivity contribution is 0.1000. The van der Waals surface area contributed by atoms with E-state index in [-0.39, 0.29) is 6.61 Å². The van der Waals surface area contributed by atoms with Gasteiger partial charge in [0, 0.05) is 29.1 Å². The molecule has 4 rings (SSSR count). The number of nitrogens with zero attached hydrogens (tertiary/aromatic N) is 1. The van der Waals surface area contributed by atoms with Gasteiger partial charge < -0.3 is 25.3 Å². The Bertz CT molecular complexity index is 1030. The molecule has 1 fully saturated rings. The van der Waals surface area contributed by atoms with E-state index in [9.17, 15) is 9.90 Å². The molecule has 28 heavy (non-hydrogen) atoms. The highest BCUT2D eigenvalue weighted by Gasteiger charge is 2.40. The Morgan fingerprint density at radius 1 is 1.46 bits per heavy atom. The molecular formula is C20H23N3O4S. The number of benzene rings is 1. The van der Waals surface area contributed by atoms with E-state index in [0.29, 0.717) is 41.2 Å². The van der Waals surface area contributed by atoms with Crippen LogP contribution in [0.15, 0.2) is 22.7 Å². The van der Waals surface area contributed by atoms with Crippen LogP contribution >= 0.6 is 11.3 Å². The molecule has 0 saturated carbocycles. The predicted octanol–water partition coefficient (Wildman–Crippen LogP) is 2.41. The summed E-state index contributed by atoms with van der Waals surface area (Å²) < 4.78 is 12.0. The third-order valence-corrected chi connectivity index (χ3v) is 6.24. The van der Waals surface area contributed by atoms with Gasteiger partial charge >= 0.3 is 0 Å². The lowest BCUT2D eigenvalue weighted by Crippen LogP contribution is -2.34. The summed E-state index contributed by atoms with van der Waals surface area (Å²) in [6.45, 7) is 5.32. The molecule has 3 heterocycles. The first-order chi connectivity index (χ1) is 13.4. The summed E-state index contributed by atoms with van der Waals surface area (Å²) in [4.78, 5) is 17.5. The van der Waals surface area contributed by atoms with Crippen molar-refractivity contribution in [3.05, 3.63) is 45.1 Å². The maximum atomic E-state index is 12.2. The van der Waals surface area contributed by atoms with Crippen LogP contribution in [0.1, 0.15) is 38.0 Å². The van der Waals surface area contributed by atoms with Gasteiger partial charge in [-0.05, 0) is 38.9 Å². The number of aliphatic hydroxyl groups is 1. The van der Waals surface area contributed by atoms with Gasteiger partial charge in [-0.1, -0.05) is 0 Å². The number of hydrogen-bond donors (Lipinski definition) is 3. The van der Waals surface area contributed by atoms with Crippen LogP contribution in [0.4, 0.5) is 0 Å². The lowest BCUT2D eigenvalue weighted by atomic mass is 9.77. The Labute approximate surface area is 166 Å². The number of rotatable bonds is 6. The van der Waals surface area contributed by atoms with E-state index in [2.05, 4.69) is 10.3 Å². The summed E-state index contributed by atoms with van der Waals surface area (Å²) >= 11 is 1.58. The molecule has 0 aliphatic carbocycles. The molecule has 1 atom stereocenters. The van der Waals surface area contributed by atoms with Gasteiger partial charge in [0.2, 0.25) is 0 Å². The Kier molecular flexibility index (Phi) is 4.86. The van der Waals surface area contributed by atoms with Crippen LogP contribution in [0.3, 0.4) is 0 Å². The molecule has 7 nitrogen and oxygen atoms in total. The minimum Gasteiger partial charge on any atom is -0.488 e. The van der Waals surface area contributed by atoms with Crippen molar-refractivity contribution < 1.29 is 19.1 Å². The van der Waals surface area contributed by atoms with E-state index in [1.807, 2.05) is 13.0 Å². The van der Waals surface area contributed by atoms with Crippen molar-refractivity contribution in [1.82, 2.24) is 10.3 Å². The SMILES string of the molecule is Cc1ncc(COc2ccc3oc(C)c(C(N)=O)c3c2C2(CO)CCNC2)s1. The van der Waals surface area contributed by atoms with Crippen LogP contribution < -0.4 is 15.8 Å². The number of aliphatic hydroxyl groups excluding tert-OH is 1. The van der Waals surface area contributed by atoms with E-state index in [4.69, 9.17) is 14.9 Å². The molecular weight excluding hydrogens is 378 g/mol. The van der Waals surface area contributed by atoms with Gasteiger partial charge in [-0.3, -0.25) is 4.79 Å². The van der Waals surface area contributed by atoms with Crippen molar-refractivity contribution in [3.8, 4) is 5.75 Å². The minimum atomic E-state index is -0.570. The molecule has 0 radical (unpaired) electrons. The van der Waals surface area contributed by atoms with Gasteiger partial charge in [-0.15, -0.1) is 11.3 Å². The number of hydrogen-bond acceptors (Lipinski definition) is 7. The zero-order valence-electron chi connectivity index (χ0n) is 15.9. The average Bonchev–Trinajstić information content (AvgIpc) is 3.37. The molecule has 1 aliphatic rings. The van der Waals surface area contributed by atoms with Crippen molar-refractivity contribution >= 4 is 28.2 Å². The quantitative estimate of drug-likeness (QED) is 0.585. The smallest absolute Gasteiger partial charge is 0.252 e. The molecule has 4 N–H and O–H groups in total. The summed E-state index contributed by atoms with van der Waals surface area (Å²) in [7, 11) is 0. The summed E-state index contributed by atoms with van der Waals surface area (Å²) in [5.74, 6) is 0.546. The number of aryl methyl sites for hydroxylation is 2. The second-order valence-corrected chi connectivity index (χ2v) is 8.53. The van der Waals surface area contributed by atoms with Crippen LogP contribution in [-0.2, 0) is 12.0 Å². The summed E-state index contributed by atoms with van der Waals surface area (Å²) in [6, 6.07) is 3.63. The first-order valence-corrected chi connectivity index (χ1v) is 9.99. The highest BCUT2D eigenvalue weighted by Crippen LogP contribution is 2.44. The molecule has 0 bridgehead atoms. The molecule has 3 aromatic rings. The maximum Gasteiger partial charge on any atom is 0.252 e. The average molecular weight is 401 g/mol. The normalized spacial score (nSPS) is 19.4. The second-order valence-electron chi connectivity index (χ2n) is 7.21. The van der Waals surface area contributed by atoms with Gasteiger partial charge in [0.25, 0.3) is 5.91 Å². The Morgan fingerprint density at radius 3 is 2.89 bits per heavy atom. The zero-order valence-corrected chi connectivity index (χ0v) is 16.7. The van der Waals surface area contributed by atoms with E-state index in [1.165, 1.54) is 0 Å². The van der Waals surface area contributed by atoms with E-state index in [1.54, 1.807) is 30.5 Å². The van der Waals surface area contributed by atoms with Gasteiger partial charge in [0.05, 0.1) is 22.1 Å². The summed E-state index contributed by atoms with van der Waals surface area (Å²) in [5, 5.41) is 15.3. The molecule has 1 unspecified atom stereocenters.